The number of nitrogens with zero attached hydrogens (tertiary/aromatic N) is 2. The Morgan fingerprint density at radius 1 is 1.44 bits per heavy atom. The lowest BCUT2D eigenvalue weighted by molar-refractivity contribution is 0.296. The predicted octanol–water partition coefficient (Wildman–Crippen LogP) is 2.12. The average molecular weight is 241 g/mol. The van der Waals surface area contributed by atoms with Crippen molar-refractivity contribution in [2.24, 2.45) is 0 Å². The highest BCUT2D eigenvalue weighted by Crippen LogP contribution is 2.31. The zero-order chi connectivity index (χ0) is 12.0. The summed E-state index contributed by atoms with van der Waals surface area (Å²) < 4.78 is 0. The van der Waals surface area contributed by atoms with Crippen LogP contribution in [-0.2, 0) is 0 Å². The van der Waals surface area contributed by atoms with Crippen molar-refractivity contribution in [3.63, 3.8) is 0 Å². The van der Waals surface area contributed by atoms with E-state index in [1.807, 2.05) is 7.05 Å². The molecule has 0 atom stereocenters. The first-order chi connectivity index (χ1) is 7.70. The van der Waals surface area contributed by atoms with E-state index in [1.54, 1.807) is 18.1 Å². The number of hydrogen-bond donors (Lipinski definition) is 2. The molecule has 0 aromatic carbocycles. The van der Waals surface area contributed by atoms with Crippen molar-refractivity contribution in [3.8, 4) is 0 Å². The fourth-order valence-electron chi connectivity index (χ4n) is 1.45. The van der Waals surface area contributed by atoms with E-state index in [0.717, 1.165) is 28.6 Å². The van der Waals surface area contributed by atoms with Crippen molar-refractivity contribution < 1.29 is 5.11 Å². The van der Waals surface area contributed by atoms with Crippen molar-refractivity contribution in [2.75, 3.05) is 24.7 Å². The van der Waals surface area contributed by atoms with Crippen molar-refractivity contribution in [1.82, 2.24) is 9.97 Å². The predicted molar refractivity (Wildman–Crippen MR) is 68.1 cm³/mol. The van der Waals surface area contributed by atoms with Gasteiger partial charge in [0.25, 0.3) is 0 Å². The molecule has 0 fully saturated rings. The summed E-state index contributed by atoms with van der Waals surface area (Å²) in [5, 5.41) is 12.9. The van der Waals surface area contributed by atoms with Crippen LogP contribution in [0.1, 0.15) is 31.7 Å². The largest absolute Gasteiger partial charge is 0.396 e. The molecule has 1 heterocycles. The highest BCUT2D eigenvalue weighted by molar-refractivity contribution is 7.99. The standard InChI is InChI=1S/C11H19N3OS/c1-8(2)9-10(12-3)13-7-14-11(9)16-6-4-5-15/h7-8,15H,4-6H2,1-3H3,(H,12,13,14). The topological polar surface area (TPSA) is 58.0 Å². The van der Waals surface area contributed by atoms with Crippen LogP contribution in [0.2, 0.25) is 0 Å². The summed E-state index contributed by atoms with van der Waals surface area (Å²) in [6, 6.07) is 0. The zero-order valence-electron chi connectivity index (χ0n) is 10.0. The molecule has 0 unspecified atom stereocenters. The first-order valence-corrected chi connectivity index (χ1v) is 6.45. The summed E-state index contributed by atoms with van der Waals surface area (Å²) in [5.74, 6) is 2.17. The Balaban J connectivity index is 2.89. The summed E-state index contributed by atoms with van der Waals surface area (Å²) in [7, 11) is 1.87. The minimum Gasteiger partial charge on any atom is -0.396 e. The molecule has 0 saturated carbocycles. The van der Waals surface area contributed by atoms with Crippen LogP contribution in [0.15, 0.2) is 11.4 Å². The molecule has 0 radical (unpaired) electrons. The van der Waals surface area contributed by atoms with Gasteiger partial charge in [-0.2, -0.15) is 0 Å². The molecule has 0 aliphatic carbocycles. The van der Waals surface area contributed by atoms with E-state index in [0.29, 0.717) is 5.92 Å². The van der Waals surface area contributed by atoms with Crippen molar-refractivity contribution in [3.05, 3.63) is 11.9 Å². The molecule has 0 bridgehead atoms. The van der Waals surface area contributed by atoms with Crippen LogP contribution in [-0.4, -0.2) is 34.5 Å². The Morgan fingerprint density at radius 2 is 2.19 bits per heavy atom. The Kier molecular flexibility index (Phi) is 5.55. The van der Waals surface area contributed by atoms with Gasteiger partial charge in [0, 0.05) is 25.0 Å². The van der Waals surface area contributed by atoms with Crippen LogP contribution in [0.3, 0.4) is 0 Å². The van der Waals surface area contributed by atoms with Gasteiger partial charge >= 0.3 is 0 Å². The van der Waals surface area contributed by atoms with Crippen LogP contribution < -0.4 is 5.32 Å². The Labute approximate surface area is 101 Å². The lowest BCUT2D eigenvalue weighted by atomic mass is 10.1. The van der Waals surface area contributed by atoms with Gasteiger partial charge in [0.05, 0.1) is 0 Å². The monoisotopic (exact) mass is 241 g/mol. The van der Waals surface area contributed by atoms with Gasteiger partial charge in [0.2, 0.25) is 0 Å². The second-order valence-electron chi connectivity index (χ2n) is 3.77. The van der Waals surface area contributed by atoms with Crippen LogP contribution in [0, 0.1) is 0 Å². The van der Waals surface area contributed by atoms with Gasteiger partial charge in [-0.25, -0.2) is 9.97 Å². The van der Waals surface area contributed by atoms with Crippen LogP contribution in [0.4, 0.5) is 5.82 Å². The minimum atomic E-state index is 0.230. The van der Waals surface area contributed by atoms with Crippen molar-refractivity contribution in [1.29, 1.82) is 0 Å². The molecule has 2 N–H and O–H groups in total. The van der Waals surface area contributed by atoms with E-state index < -0.39 is 0 Å². The van der Waals surface area contributed by atoms with Gasteiger partial charge in [-0.15, -0.1) is 11.8 Å². The Morgan fingerprint density at radius 3 is 2.75 bits per heavy atom. The van der Waals surface area contributed by atoms with Crippen LogP contribution in [0.25, 0.3) is 0 Å². The van der Waals surface area contributed by atoms with E-state index in [-0.39, 0.29) is 6.61 Å². The van der Waals surface area contributed by atoms with E-state index in [9.17, 15) is 0 Å². The zero-order valence-corrected chi connectivity index (χ0v) is 10.8. The van der Waals surface area contributed by atoms with Gasteiger partial charge in [0.15, 0.2) is 0 Å². The third-order valence-corrected chi connectivity index (χ3v) is 3.29. The number of anilines is 1. The molecule has 1 aromatic heterocycles. The summed E-state index contributed by atoms with van der Waals surface area (Å²) in [5.41, 5.74) is 1.16. The first kappa shape index (κ1) is 13.3. The molecule has 0 spiro atoms. The molecule has 1 aromatic rings. The Bertz CT molecular complexity index is 331. The van der Waals surface area contributed by atoms with Gasteiger partial charge in [-0.1, -0.05) is 13.8 Å². The fourth-order valence-corrected chi connectivity index (χ4v) is 2.52. The summed E-state index contributed by atoms with van der Waals surface area (Å²) in [6.07, 6.45) is 2.38. The second-order valence-corrected chi connectivity index (χ2v) is 4.86. The van der Waals surface area contributed by atoms with Crippen LogP contribution in [0.5, 0.6) is 0 Å². The lowest BCUT2D eigenvalue weighted by Gasteiger charge is -2.14. The SMILES string of the molecule is CNc1ncnc(SCCCO)c1C(C)C. The molecule has 16 heavy (non-hydrogen) atoms. The molecule has 0 aliphatic heterocycles. The molecule has 5 heteroatoms. The third-order valence-electron chi connectivity index (χ3n) is 2.20. The number of rotatable bonds is 6. The molecule has 1 rings (SSSR count). The quantitative estimate of drug-likeness (QED) is 0.454. The molecule has 0 aliphatic rings. The molecule has 90 valence electrons. The number of aromatic nitrogens is 2. The normalized spacial score (nSPS) is 10.8. The fraction of sp³-hybridized carbons (Fsp3) is 0.636. The van der Waals surface area contributed by atoms with Gasteiger partial charge < -0.3 is 10.4 Å². The summed E-state index contributed by atoms with van der Waals surface area (Å²) >= 11 is 1.68. The molecule has 0 amide bonds. The Hall–Kier alpha value is -0.810. The highest BCUT2D eigenvalue weighted by Gasteiger charge is 2.13. The third kappa shape index (κ3) is 3.35. The van der Waals surface area contributed by atoms with Gasteiger partial charge in [0.1, 0.15) is 17.2 Å². The molecule has 4 nitrogen and oxygen atoms in total. The number of thioether (sulfide) groups is 1. The number of aliphatic hydroxyl groups excluding tert-OH is 1. The summed E-state index contributed by atoms with van der Waals surface area (Å²) in [4.78, 5) is 8.53. The number of hydrogen-bond acceptors (Lipinski definition) is 5. The minimum absolute atomic E-state index is 0.230. The second kappa shape index (κ2) is 6.70. The highest BCUT2D eigenvalue weighted by atomic mass is 32.2. The first-order valence-electron chi connectivity index (χ1n) is 5.47. The van der Waals surface area contributed by atoms with E-state index in [1.165, 1.54) is 0 Å². The average Bonchev–Trinajstić information content (AvgIpc) is 2.28. The van der Waals surface area contributed by atoms with Gasteiger partial charge in [-0.05, 0) is 12.3 Å². The lowest BCUT2D eigenvalue weighted by Crippen LogP contribution is -2.04. The molecule has 0 saturated heterocycles. The van der Waals surface area contributed by atoms with E-state index in [4.69, 9.17) is 5.11 Å². The van der Waals surface area contributed by atoms with Crippen LogP contribution >= 0.6 is 11.8 Å². The maximum atomic E-state index is 8.77. The maximum absolute atomic E-state index is 8.77. The summed E-state index contributed by atoms with van der Waals surface area (Å²) in [6.45, 7) is 4.50. The maximum Gasteiger partial charge on any atom is 0.133 e. The molecular weight excluding hydrogens is 222 g/mol. The van der Waals surface area contributed by atoms with E-state index >= 15 is 0 Å². The van der Waals surface area contributed by atoms with E-state index in [2.05, 4.69) is 29.1 Å². The number of aliphatic hydroxyl groups is 1. The molecular formula is C11H19N3OS. The van der Waals surface area contributed by atoms with Crippen molar-refractivity contribution >= 4 is 17.6 Å². The smallest absolute Gasteiger partial charge is 0.133 e. The van der Waals surface area contributed by atoms with Gasteiger partial charge in [-0.3, -0.25) is 0 Å². The van der Waals surface area contributed by atoms with Crippen molar-refractivity contribution in [2.45, 2.75) is 31.2 Å². The number of nitrogens with one attached hydrogen (secondary N) is 1.